The Kier molecular flexibility index (Phi) is 5.98. The van der Waals surface area contributed by atoms with Gasteiger partial charge in [0.2, 0.25) is 5.91 Å². The maximum atomic E-state index is 12.0. The molecule has 7 nitrogen and oxygen atoms in total. The Morgan fingerprint density at radius 2 is 1.92 bits per heavy atom. The summed E-state index contributed by atoms with van der Waals surface area (Å²) in [6.45, 7) is 7.28. The van der Waals surface area contributed by atoms with Gasteiger partial charge in [-0.05, 0) is 43.9 Å². The Balaban J connectivity index is 1.53. The molecule has 1 saturated heterocycles. The summed E-state index contributed by atoms with van der Waals surface area (Å²) in [5, 5.41) is 7.83. The van der Waals surface area contributed by atoms with Crippen LogP contribution < -0.4 is 20.9 Å². The van der Waals surface area contributed by atoms with Crippen molar-refractivity contribution in [3.8, 4) is 0 Å². The van der Waals surface area contributed by atoms with Gasteiger partial charge in [0.25, 0.3) is 0 Å². The molecule has 1 unspecified atom stereocenters. The molecule has 7 heteroatoms. The van der Waals surface area contributed by atoms with Gasteiger partial charge in [-0.2, -0.15) is 0 Å². The minimum absolute atomic E-state index is 0.358. The van der Waals surface area contributed by atoms with E-state index in [-0.39, 0.29) is 5.91 Å². The van der Waals surface area contributed by atoms with Gasteiger partial charge in [-0.15, -0.1) is 0 Å². The Labute approximate surface area is 155 Å². The smallest absolute Gasteiger partial charge is 0.321 e. The fraction of sp³-hybridized carbons (Fsp3) is 0.579. The van der Waals surface area contributed by atoms with Gasteiger partial charge in [-0.3, -0.25) is 15.0 Å². The van der Waals surface area contributed by atoms with Crippen molar-refractivity contribution in [1.29, 1.82) is 0 Å². The Bertz CT molecular complexity index is 639. The fourth-order valence-electron chi connectivity index (χ4n) is 3.24. The molecule has 0 bridgehead atoms. The van der Waals surface area contributed by atoms with Crippen LogP contribution in [-0.4, -0.2) is 62.7 Å². The van der Waals surface area contributed by atoms with E-state index in [0.717, 1.165) is 37.8 Å². The maximum absolute atomic E-state index is 12.0. The minimum atomic E-state index is -0.502. The van der Waals surface area contributed by atoms with Crippen molar-refractivity contribution in [2.75, 3.05) is 50.0 Å². The topological polar surface area (TPSA) is 76.7 Å². The van der Waals surface area contributed by atoms with Gasteiger partial charge in [0.05, 0.1) is 0 Å². The molecule has 1 aromatic rings. The number of piperazine rings is 1. The molecule has 1 aromatic carbocycles. The van der Waals surface area contributed by atoms with Gasteiger partial charge in [-0.1, -0.05) is 6.07 Å². The van der Waals surface area contributed by atoms with E-state index in [1.54, 1.807) is 6.92 Å². The second-order valence-electron chi connectivity index (χ2n) is 7.22. The molecule has 2 fully saturated rings. The number of carbonyl (C=O) groups excluding carboxylic acids is 2. The summed E-state index contributed by atoms with van der Waals surface area (Å²) in [5.41, 5.74) is 2.04. The van der Waals surface area contributed by atoms with Crippen LogP contribution in [0, 0.1) is 5.92 Å². The maximum Gasteiger partial charge on any atom is 0.321 e. The molecule has 1 aliphatic carbocycles. The van der Waals surface area contributed by atoms with E-state index in [9.17, 15) is 9.59 Å². The first-order valence-corrected chi connectivity index (χ1v) is 9.41. The van der Waals surface area contributed by atoms with Crippen molar-refractivity contribution in [2.45, 2.75) is 25.8 Å². The lowest BCUT2D eigenvalue weighted by molar-refractivity contribution is -0.120. The number of rotatable bonds is 6. The molecular formula is C19H29N5O2. The quantitative estimate of drug-likeness (QED) is 0.717. The van der Waals surface area contributed by atoms with E-state index in [2.05, 4.69) is 37.9 Å². The van der Waals surface area contributed by atoms with E-state index >= 15 is 0 Å². The number of benzene rings is 1. The molecule has 1 aliphatic heterocycles. The van der Waals surface area contributed by atoms with Crippen LogP contribution in [0.4, 0.5) is 16.2 Å². The van der Waals surface area contributed by atoms with Crippen LogP contribution in [0.25, 0.3) is 0 Å². The summed E-state index contributed by atoms with van der Waals surface area (Å²) in [6, 6.07) is 7.12. The third kappa shape index (κ3) is 5.11. The summed E-state index contributed by atoms with van der Waals surface area (Å²) in [7, 11) is 1.48. The number of anilines is 2. The fourth-order valence-corrected chi connectivity index (χ4v) is 3.24. The van der Waals surface area contributed by atoms with Crippen LogP contribution in [0.1, 0.15) is 19.8 Å². The third-order valence-electron chi connectivity index (χ3n) is 5.04. The van der Waals surface area contributed by atoms with Crippen LogP contribution in [0.5, 0.6) is 0 Å². The number of imide groups is 1. The Morgan fingerprint density at radius 3 is 2.58 bits per heavy atom. The molecule has 1 atom stereocenters. The molecule has 142 valence electrons. The zero-order chi connectivity index (χ0) is 18.5. The average Bonchev–Trinajstić information content (AvgIpc) is 3.46. The number of nitrogens with zero attached hydrogens (tertiary/aromatic N) is 2. The van der Waals surface area contributed by atoms with Gasteiger partial charge in [0, 0.05) is 51.1 Å². The lowest BCUT2D eigenvalue weighted by Crippen LogP contribution is -2.47. The number of amides is 3. The molecule has 0 spiro atoms. The molecule has 26 heavy (non-hydrogen) atoms. The van der Waals surface area contributed by atoms with Crippen molar-refractivity contribution in [3.05, 3.63) is 24.3 Å². The van der Waals surface area contributed by atoms with Gasteiger partial charge >= 0.3 is 6.03 Å². The van der Waals surface area contributed by atoms with Gasteiger partial charge < -0.3 is 15.5 Å². The highest BCUT2D eigenvalue weighted by Crippen LogP contribution is 2.30. The summed E-state index contributed by atoms with van der Waals surface area (Å²) in [5.74, 6) is 0.583. The van der Waals surface area contributed by atoms with Crippen molar-refractivity contribution in [2.24, 2.45) is 5.92 Å². The highest BCUT2D eigenvalue weighted by Gasteiger charge is 2.26. The number of hydrogen-bond acceptors (Lipinski definition) is 5. The molecule has 3 amide bonds. The van der Waals surface area contributed by atoms with Gasteiger partial charge in [0.1, 0.15) is 6.04 Å². The normalized spacial score (nSPS) is 18.9. The number of carbonyl (C=O) groups is 2. The molecule has 0 aromatic heterocycles. The summed E-state index contributed by atoms with van der Waals surface area (Å²) >= 11 is 0. The van der Waals surface area contributed by atoms with E-state index in [1.807, 2.05) is 12.1 Å². The van der Waals surface area contributed by atoms with Crippen molar-refractivity contribution >= 4 is 23.3 Å². The second-order valence-corrected chi connectivity index (χ2v) is 7.22. The van der Waals surface area contributed by atoms with E-state index in [4.69, 9.17) is 0 Å². The van der Waals surface area contributed by atoms with Crippen LogP contribution in [0.15, 0.2) is 24.3 Å². The zero-order valence-corrected chi connectivity index (χ0v) is 15.6. The van der Waals surface area contributed by atoms with Crippen molar-refractivity contribution in [3.63, 3.8) is 0 Å². The predicted molar refractivity (Wildman–Crippen MR) is 104 cm³/mol. The van der Waals surface area contributed by atoms with E-state index < -0.39 is 12.1 Å². The highest BCUT2D eigenvalue weighted by atomic mass is 16.2. The van der Waals surface area contributed by atoms with Crippen LogP contribution in [-0.2, 0) is 4.79 Å². The van der Waals surface area contributed by atoms with E-state index in [1.165, 1.54) is 32.1 Å². The monoisotopic (exact) mass is 359 g/mol. The molecular weight excluding hydrogens is 330 g/mol. The average molecular weight is 359 g/mol. The zero-order valence-electron chi connectivity index (χ0n) is 15.6. The Hall–Kier alpha value is -2.28. The molecule has 0 radical (unpaired) electrons. The first kappa shape index (κ1) is 18.5. The molecule has 1 heterocycles. The number of nitrogens with one attached hydrogen (secondary N) is 3. The summed E-state index contributed by atoms with van der Waals surface area (Å²) < 4.78 is 0. The lowest BCUT2D eigenvalue weighted by Gasteiger charge is -2.36. The SMILES string of the molecule is CNC(=O)NC(=O)C(C)Nc1cccc(N2CCN(CC3CC3)CC2)c1. The number of hydrogen-bond donors (Lipinski definition) is 3. The first-order chi connectivity index (χ1) is 12.5. The summed E-state index contributed by atoms with van der Waals surface area (Å²) in [6.07, 6.45) is 2.80. The predicted octanol–water partition coefficient (Wildman–Crippen LogP) is 1.47. The number of urea groups is 1. The minimum Gasteiger partial charge on any atom is -0.374 e. The lowest BCUT2D eigenvalue weighted by atomic mass is 10.2. The van der Waals surface area contributed by atoms with Crippen molar-refractivity contribution < 1.29 is 9.59 Å². The molecule has 3 rings (SSSR count). The molecule has 1 saturated carbocycles. The van der Waals surface area contributed by atoms with Gasteiger partial charge in [-0.25, -0.2) is 4.79 Å². The second kappa shape index (κ2) is 8.40. The third-order valence-corrected chi connectivity index (χ3v) is 5.04. The van der Waals surface area contributed by atoms with Crippen LogP contribution in [0.3, 0.4) is 0 Å². The summed E-state index contributed by atoms with van der Waals surface area (Å²) in [4.78, 5) is 28.2. The van der Waals surface area contributed by atoms with Crippen molar-refractivity contribution in [1.82, 2.24) is 15.5 Å². The van der Waals surface area contributed by atoms with E-state index in [0.29, 0.717) is 0 Å². The van der Waals surface area contributed by atoms with Gasteiger partial charge in [0.15, 0.2) is 0 Å². The first-order valence-electron chi connectivity index (χ1n) is 9.41. The van der Waals surface area contributed by atoms with Crippen LogP contribution >= 0.6 is 0 Å². The Morgan fingerprint density at radius 1 is 1.19 bits per heavy atom. The van der Waals surface area contributed by atoms with Crippen LogP contribution in [0.2, 0.25) is 0 Å². The standard InChI is InChI=1S/C19H29N5O2/c1-14(18(25)22-19(26)20-2)21-16-4-3-5-17(12-16)24-10-8-23(9-11-24)13-15-6-7-15/h3-5,12,14-15,21H,6-11,13H2,1-2H3,(H2,20,22,25,26). The highest BCUT2D eigenvalue weighted by molar-refractivity contribution is 5.97. The molecule has 3 N–H and O–H groups in total. The molecule has 2 aliphatic rings. The largest absolute Gasteiger partial charge is 0.374 e.